The Hall–Kier alpha value is -1.95. The molecular weight excluding hydrogens is 291 g/mol. The summed E-state index contributed by atoms with van der Waals surface area (Å²) in [6, 6.07) is 6.13. The maximum Gasteiger partial charge on any atom is 0.407 e. The van der Waals surface area contributed by atoms with E-state index in [-0.39, 0.29) is 18.0 Å². The van der Waals surface area contributed by atoms with Crippen molar-refractivity contribution in [2.45, 2.75) is 32.9 Å². The Balaban J connectivity index is 1.94. The second-order valence-electron chi connectivity index (χ2n) is 5.59. The zero-order valence-corrected chi connectivity index (χ0v) is 13.0. The minimum absolute atomic E-state index is 0.167. The summed E-state index contributed by atoms with van der Waals surface area (Å²) in [5, 5.41) is 3.48. The summed E-state index contributed by atoms with van der Waals surface area (Å²) in [6.07, 6.45) is 1.20. The molecule has 1 heterocycles. The van der Waals surface area contributed by atoms with Crippen molar-refractivity contribution in [3.8, 4) is 10.6 Å². The lowest BCUT2D eigenvalue weighted by Gasteiger charge is -2.19. The highest BCUT2D eigenvalue weighted by Gasteiger charge is 2.15. The molecule has 0 aliphatic carbocycles. The normalized spacial score (nSPS) is 11.2. The average molecular weight is 308 g/mol. The molecule has 0 aliphatic heterocycles. The number of alkyl carbamates (subject to hydrolysis) is 1. The lowest BCUT2D eigenvalue weighted by molar-refractivity contribution is 0.132. The van der Waals surface area contributed by atoms with Gasteiger partial charge in [0.2, 0.25) is 0 Å². The lowest BCUT2D eigenvalue weighted by atomic mass is 10.1. The zero-order chi connectivity index (χ0) is 15.5. The van der Waals surface area contributed by atoms with Crippen LogP contribution >= 0.6 is 11.3 Å². The lowest BCUT2D eigenvalue weighted by Crippen LogP contribution is -2.40. The van der Waals surface area contributed by atoms with Gasteiger partial charge in [0.15, 0.2) is 0 Å². The molecule has 2 rings (SSSR count). The van der Waals surface area contributed by atoms with Crippen LogP contribution in [-0.4, -0.2) is 16.6 Å². The van der Waals surface area contributed by atoms with Gasteiger partial charge in [-0.3, -0.25) is 0 Å². The molecule has 112 valence electrons. The second kappa shape index (κ2) is 6.22. The standard InChI is InChI=1S/C15H17FN2O2S/c1-15(2,3)18-14(19)20-9-12-8-17-13(21-12)10-4-6-11(16)7-5-10/h4-8H,9H2,1-3H3,(H,18,19). The van der Waals surface area contributed by atoms with E-state index in [0.29, 0.717) is 0 Å². The van der Waals surface area contributed by atoms with Gasteiger partial charge in [-0.1, -0.05) is 0 Å². The van der Waals surface area contributed by atoms with E-state index in [4.69, 9.17) is 4.74 Å². The van der Waals surface area contributed by atoms with Crippen LogP contribution in [0.25, 0.3) is 10.6 Å². The first-order valence-corrected chi connectivity index (χ1v) is 7.31. The molecule has 0 saturated heterocycles. The number of thiazole rings is 1. The van der Waals surface area contributed by atoms with Gasteiger partial charge in [0.25, 0.3) is 0 Å². The first kappa shape index (κ1) is 15.4. The van der Waals surface area contributed by atoms with Gasteiger partial charge in [0, 0.05) is 17.3 Å². The summed E-state index contributed by atoms with van der Waals surface area (Å²) >= 11 is 1.41. The van der Waals surface area contributed by atoms with Crippen LogP contribution in [0.2, 0.25) is 0 Å². The number of hydrogen-bond donors (Lipinski definition) is 1. The van der Waals surface area contributed by atoms with Crippen LogP contribution in [0.4, 0.5) is 9.18 Å². The maximum absolute atomic E-state index is 12.9. The van der Waals surface area contributed by atoms with E-state index in [9.17, 15) is 9.18 Å². The molecule has 0 radical (unpaired) electrons. The first-order valence-electron chi connectivity index (χ1n) is 6.49. The zero-order valence-electron chi connectivity index (χ0n) is 12.1. The minimum atomic E-state index is -0.459. The number of amides is 1. The molecule has 21 heavy (non-hydrogen) atoms. The van der Waals surface area contributed by atoms with Crippen LogP contribution in [0.5, 0.6) is 0 Å². The average Bonchev–Trinajstić information content (AvgIpc) is 2.84. The molecule has 4 nitrogen and oxygen atoms in total. The van der Waals surface area contributed by atoms with Crippen LogP contribution in [0.15, 0.2) is 30.5 Å². The number of carbonyl (C=O) groups excluding carboxylic acids is 1. The molecule has 0 saturated carbocycles. The third-order valence-corrected chi connectivity index (χ3v) is 3.49. The van der Waals surface area contributed by atoms with Crippen molar-refractivity contribution in [1.29, 1.82) is 0 Å². The molecule has 1 aromatic heterocycles. The van der Waals surface area contributed by atoms with E-state index in [1.165, 1.54) is 23.5 Å². The summed E-state index contributed by atoms with van der Waals surface area (Å²) in [4.78, 5) is 16.6. The van der Waals surface area contributed by atoms with E-state index in [1.807, 2.05) is 20.8 Å². The van der Waals surface area contributed by atoms with Crippen molar-refractivity contribution < 1.29 is 13.9 Å². The van der Waals surface area contributed by atoms with Crippen molar-refractivity contribution in [3.63, 3.8) is 0 Å². The maximum atomic E-state index is 12.9. The summed E-state index contributed by atoms with van der Waals surface area (Å²) < 4.78 is 18.0. The number of carbonyl (C=O) groups is 1. The molecule has 0 unspecified atom stereocenters. The third kappa shape index (κ3) is 4.82. The Morgan fingerprint density at radius 2 is 2.00 bits per heavy atom. The largest absolute Gasteiger partial charge is 0.444 e. The number of hydrogen-bond acceptors (Lipinski definition) is 4. The molecule has 0 spiro atoms. The number of aromatic nitrogens is 1. The van der Waals surface area contributed by atoms with Crippen molar-refractivity contribution in [2.75, 3.05) is 0 Å². The number of nitrogens with zero attached hydrogens (tertiary/aromatic N) is 1. The smallest absolute Gasteiger partial charge is 0.407 e. The highest BCUT2D eigenvalue weighted by molar-refractivity contribution is 7.15. The number of ether oxygens (including phenoxy) is 1. The Bertz CT molecular complexity index is 617. The van der Waals surface area contributed by atoms with E-state index in [1.54, 1.807) is 18.3 Å². The molecule has 1 N–H and O–H groups in total. The van der Waals surface area contributed by atoms with Crippen LogP contribution < -0.4 is 5.32 Å². The Labute approximate surface area is 127 Å². The second-order valence-corrected chi connectivity index (χ2v) is 6.70. The molecule has 6 heteroatoms. The van der Waals surface area contributed by atoms with Gasteiger partial charge in [0.1, 0.15) is 17.4 Å². The van der Waals surface area contributed by atoms with Gasteiger partial charge in [-0.25, -0.2) is 14.2 Å². The van der Waals surface area contributed by atoms with Crippen LogP contribution in [-0.2, 0) is 11.3 Å². The molecule has 2 aromatic rings. The molecule has 1 amide bonds. The fraction of sp³-hybridized carbons (Fsp3) is 0.333. The van der Waals surface area contributed by atoms with Gasteiger partial charge in [-0.05, 0) is 45.0 Å². The Kier molecular flexibility index (Phi) is 4.57. The summed E-state index contributed by atoms with van der Waals surface area (Å²) in [6.45, 7) is 5.82. The van der Waals surface area contributed by atoms with Crippen molar-refractivity contribution in [2.24, 2.45) is 0 Å². The predicted octanol–water partition coefficient (Wildman–Crippen LogP) is 3.97. The number of nitrogens with one attached hydrogen (secondary N) is 1. The molecule has 1 aromatic carbocycles. The molecule has 0 fully saturated rings. The fourth-order valence-corrected chi connectivity index (χ4v) is 2.41. The van der Waals surface area contributed by atoms with Gasteiger partial charge < -0.3 is 10.1 Å². The SMILES string of the molecule is CC(C)(C)NC(=O)OCc1cnc(-c2ccc(F)cc2)s1. The number of halogens is 1. The van der Waals surface area contributed by atoms with Crippen LogP contribution in [0.1, 0.15) is 25.6 Å². The number of rotatable bonds is 3. The highest BCUT2D eigenvalue weighted by atomic mass is 32.1. The Morgan fingerprint density at radius 3 is 2.62 bits per heavy atom. The number of benzene rings is 1. The molecule has 0 aliphatic rings. The third-order valence-electron chi connectivity index (χ3n) is 2.47. The molecule has 0 bridgehead atoms. The summed E-state index contributed by atoms with van der Waals surface area (Å²) in [5.41, 5.74) is 0.510. The first-order chi connectivity index (χ1) is 9.83. The van der Waals surface area contributed by atoms with Crippen molar-refractivity contribution in [1.82, 2.24) is 10.3 Å². The summed E-state index contributed by atoms with van der Waals surface area (Å²) in [5.74, 6) is -0.280. The topological polar surface area (TPSA) is 51.2 Å². The van der Waals surface area contributed by atoms with Crippen molar-refractivity contribution in [3.05, 3.63) is 41.2 Å². The fourth-order valence-electron chi connectivity index (χ4n) is 1.58. The van der Waals surface area contributed by atoms with Crippen molar-refractivity contribution >= 4 is 17.4 Å². The molecular formula is C15H17FN2O2S. The van der Waals surface area contributed by atoms with Gasteiger partial charge in [-0.15, -0.1) is 11.3 Å². The monoisotopic (exact) mass is 308 g/mol. The highest BCUT2D eigenvalue weighted by Crippen LogP contribution is 2.25. The van der Waals surface area contributed by atoms with E-state index < -0.39 is 6.09 Å². The van der Waals surface area contributed by atoms with Crippen LogP contribution in [0.3, 0.4) is 0 Å². The molecule has 0 atom stereocenters. The van der Waals surface area contributed by atoms with Gasteiger partial charge >= 0.3 is 6.09 Å². The minimum Gasteiger partial charge on any atom is -0.444 e. The van der Waals surface area contributed by atoms with Gasteiger partial charge in [0.05, 0.1) is 4.88 Å². The Morgan fingerprint density at radius 1 is 1.33 bits per heavy atom. The predicted molar refractivity (Wildman–Crippen MR) is 80.6 cm³/mol. The van der Waals surface area contributed by atoms with Crippen LogP contribution in [0, 0.1) is 5.82 Å². The van der Waals surface area contributed by atoms with E-state index in [0.717, 1.165) is 15.4 Å². The quantitative estimate of drug-likeness (QED) is 0.933. The van der Waals surface area contributed by atoms with E-state index >= 15 is 0 Å². The summed E-state index contributed by atoms with van der Waals surface area (Å²) in [7, 11) is 0. The van der Waals surface area contributed by atoms with Gasteiger partial charge in [-0.2, -0.15) is 0 Å². The van der Waals surface area contributed by atoms with E-state index in [2.05, 4.69) is 10.3 Å².